The topological polar surface area (TPSA) is 109 Å². The molecule has 8 nitrogen and oxygen atoms in total. The lowest BCUT2D eigenvalue weighted by atomic mass is 9.85. The lowest BCUT2D eigenvalue weighted by Crippen LogP contribution is -2.55. The molecule has 2 heterocycles. The zero-order chi connectivity index (χ0) is 19.7. The zero-order valence-electron chi connectivity index (χ0n) is 15.9. The van der Waals surface area contributed by atoms with Crippen LogP contribution < -0.4 is 5.32 Å². The zero-order valence-corrected chi connectivity index (χ0v) is 15.9. The molecule has 28 heavy (non-hydrogen) atoms. The fourth-order valence-electron chi connectivity index (χ4n) is 3.68. The highest BCUT2D eigenvalue weighted by Crippen LogP contribution is 2.33. The normalized spacial score (nSPS) is 21.5. The number of aliphatic carboxylic acids is 1. The number of furan rings is 1. The second-order valence-electron chi connectivity index (χ2n) is 7.83. The van der Waals surface area contributed by atoms with Crippen molar-refractivity contribution in [2.45, 2.75) is 51.1 Å². The average molecular weight is 387 g/mol. The molecule has 2 N–H and O–H groups in total. The second-order valence-corrected chi connectivity index (χ2v) is 7.83. The van der Waals surface area contributed by atoms with Crippen molar-refractivity contribution in [3.05, 3.63) is 29.9 Å². The maximum Gasteiger partial charge on any atom is 0.317 e. The first-order valence-corrected chi connectivity index (χ1v) is 9.73. The van der Waals surface area contributed by atoms with E-state index in [0.717, 1.165) is 19.4 Å². The number of rotatable bonds is 9. The monoisotopic (exact) mass is 387 g/mol. The van der Waals surface area contributed by atoms with Crippen molar-refractivity contribution in [1.29, 1.82) is 0 Å². The molecule has 0 aliphatic heterocycles. The molecule has 0 saturated heterocycles. The summed E-state index contributed by atoms with van der Waals surface area (Å²) in [5.74, 6) is 1.26. The van der Waals surface area contributed by atoms with E-state index in [9.17, 15) is 9.59 Å². The van der Waals surface area contributed by atoms with Crippen molar-refractivity contribution in [3.63, 3.8) is 0 Å². The molecule has 2 aromatic heterocycles. The van der Waals surface area contributed by atoms with Gasteiger partial charge in [0.15, 0.2) is 5.76 Å². The maximum atomic E-state index is 12.4. The molecular formula is C20H25N3O5. The highest BCUT2D eigenvalue weighted by atomic mass is 16.4. The molecule has 2 aromatic rings. The van der Waals surface area contributed by atoms with Crippen LogP contribution in [0.15, 0.2) is 27.2 Å². The maximum absolute atomic E-state index is 12.4. The average Bonchev–Trinajstić information content (AvgIpc) is 3.10. The van der Waals surface area contributed by atoms with Crippen LogP contribution in [0.4, 0.5) is 0 Å². The first-order chi connectivity index (χ1) is 13.5. The van der Waals surface area contributed by atoms with Gasteiger partial charge < -0.3 is 19.3 Å². The van der Waals surface area contributed by atoms with Crippen molar-refractivity contribution >= 4 is 11.9 Å². The van der Waals surface area contributed by atoms with Gasteiger partial charge in [-0.05, 0) is 50.7 Å². The standard InChI is InChI=1S/C20H25N3O5/c1-12-16(22-20(28-12)17-3-2-6-27-17)9-18(24)21-14-7-15(8-14)23(11-19(25)26)10-13-4-5-13/h2-3,6,13-15H,4-5,7-11H2,1H3,(H,21,24)(H,25,26). The van der Waals surface area contributed by atoms with Gasteiger partial charge in [-0.25, -0.2) is 4.98 Å². The Kier molecular flexibility index (Phi) is 5.21. The van der Waals surface area contributed by atoms with Crippen molar-refractivity contribution in [3.8, 4) is 11.7 Å². The van der Waals surface area contributed by atoms with E-state index in [1.54, 1.807) is 25.3 Å². The van der Waals surface area contributed by atoms with Crippen molar-refractivity contribution in [1.82, 2.24) is 15.2 Å². The number of hydrogen-bond acceptors (Lipinski definition) is 6. The van der Waals surface area contributed by atoms with E-state index in [4.69, 9.17) is 13.9 Å². The number of nitrogens with one attached hydrogen (secondary N) is 1. The van der Waals surface area contributed by atoms with Crippen LogP contribution in [0.2, 0.25) is 0 Å². The highest BCUT2D eigenvalue weighted by Gasteiger charge is 2.37. The van der Waals surface area contributed by atoms with Crippen LogP contribution in [0.5, 0.6) is 0 Å². The smallest absolute Gasteiger partial charge is 0.317 e. The number of carboxylic acid groups (broad SMARTS) is 1. The summed E-state index contributed by atoms with van der Waals surface area (Å²) >= 11 is 0. The Bertz CT molecular complexity index is 834. The second kappa shape index (κ2) is 7.79. The fraction of sp³-hybridized carbons (Fsp3) is 0.550. The van der Waals surface area contributed by atoms with E-state index in [1.807, 2.05) is 0 Å². The minimum absolute atomic E-state index is 0.0789. The Morgan fingerprint density at radius 3 is 2.79 bits per heavy atom. The molecule has 0 atom stereocenters. The van der Waals surface area contributed by atoms with E-state index >= 15 is 0 Å². The summed E-state index contributed by atoms with van der Waals surface area (Å²) in [7, 11) is 0. The van der Waals surface area contributed by atoms with Gasteiger partial charge in [-0.15, -0.1) is 0 Å². The third-order valence-electron chi connectivity index (χ3n) is 5.48. The van der Waals surface area contributed by atoms with Crippen LogP contribution in [-0.4, -0.2) is 52.0 Å². The van der Waals surface area contributed by atoms with E-state index in [-0.39, 0.29) is 31.0 Å². The van der Waals surface area contributed by atoms with Crippen LogP contribution in [0.1, 0.15) is 37.1 Å². The number of hydrogen-bond donors (Lipinski definition) is 2. The highest BCUT2D eigenvalue weighted by molar-refractivity contribution is 5.79. The van der Waals surface area contributed by atoms with E-state index in [0.29, 0.717) is 29.0 Å². The SMILES string of the molecule is Cc1oc(-c2ccco2)nc1CC(=O)NC1CC(N(CC(=O)O)CC2CC2)C1. The number of nitrogens with zero attached hydrogens (tertiary/aromatic N) is 2. The van der Waals surface area contributed by atoms with Crippen molar-refractivity contribution in [2.24, 2.45) is 5.92 Å². The number of amides is 1. The quantitative estimate of drug-likeness (QED) is 0.679. The van der Waals surface area contributed by atoms with Crippen LogP contribution >= 0.6 is 0 Å². The van der Waals surface area contributed by atoms with Crippen molar-refractivity contribution in [2.75, 3.05) is 13.1 Å². The molecule has 0 bridgehead atoms. The van der Waals surface area contributed by atoms with E-state index in [2.05, 4.69) is 15.2 Å². The predicted octanol–water partition coefficient (Wildman–Crippen LogP) is 2.23. The van der Waals surface area contributed by atoms with Crippen LogP contribution in [0.25, 0.3) is 11.7 Å². The molecule has 4 rings (SSSR count). The number of carbonyl (C=O) groups is 2. The minimum atomic E-state index is -0.790. The summed E-state index contributed by atoms with van der Waals surface area (Å²) < 4.78 is 10.9. The first kappa shape index (κ1) is 18.7. The van der Waals surface area contributed by atoms with Gasteiger partial charge in [-0.1, -0.05) is 0 Å². The molecule has 2 aliphatic rings. The summed E-state index contributed by atoms with van der Waals surface area (Å²) in [6, 6.07) is 3.84. The molecular weight excluding hydrogens is 362 g/mol. The Morgan fingerprint density at radius 1 is 1.36 bits per heavy atom. The number of carboxylic acids is 1. The van der Waals surface area contributed by atoms with Crippen LogP contribution in [-0.2, 0) is 16.0 Å². The molecule has 0 radical (unpaired) electrons. The molecule has 2 fully saturated rings. The molecule has 0 aromatic carbocycles. The minimum Gasteiger partial charge on any atom is -0.480 e. The summed E-state index contributed by atoms with van der Waals surface area (Å²) in [4.78, 5) is 29.9. The van der Waals surface area contributed by atoms with E-state index in [1.165, 1.54) is 12.8 Å². The van der Waals surface area contributed by atoms with Gasteiger partial charge in [0.05, 0.1) is 24.9 Å². The third-order valence-corrected chi connectivity index (χ3v) is 5.48. The van der Waals surface area contributed by atoms with Crippen LogP contribution in [0.3, 0.4) is 0 Å². The first-order valence-electron chi connectivity index (χ1n) is 9.73. The molecule has 0 spiro atoms. The van der Waals surface area contributed by atoms with Gasteiger partial charge in [0, 0.05) is 18.6 Å². The number of aromatic nitrogens is 1. The number of aryl methyl sites for hydroxylation is 1. The summed E-state index contributed by atoms with van der Waals surface area (Å²) in [6.07, 6.45) is 5.67. The summed E-state index contributed by atoms with van der Waals surface area (Å²) in [5.41, 5.74) is 0.598. The molecule has 2 saturated carbocycles. The third kappa shape index (κ3) is 4.44. The van der Waals surface area contributed by atoms with Gasteiger partial charge in [0.25, 0.3) is 5.89 Å². The molecule has 150 valence electrons. The lowest BCUT2D eigenvalue weighted by molar-refractivity contribution is -0.140. The van der Waals surface area contributed by atoms with Gasteiger partial charge in [-0.2, -0.15) is 0 Å². The Balaban J connectivity index is 1.26. The Labute approximate surface area is 162 Å². The molecule has 0 unspecified atom stereocenters. The van der Waals surface area contributed by atoms with Gasteiger partial charge in [0.1, 0.15) is 5.76 Å². The van der Waals surface area contributed by atoms with Gasteiger partial charge in [0.2, 0.25) is 5.91 Å². The number of oxazole rings is 1. The summed E-state index contributed by atoms with van der Waals surface area (Å²) in [6.45, 7) is 2.71. The molecule has 8 heteroatoms. The number of carbonyl (C=O) groups excluding carboxylic acids is 1. The molecule has 1 amide bonds. The van der Waals surface area contributed by atoms with Gasteiger partial charge >= 0.3 is 5.97 Å². The van der Waals surface area contributed by atoms with Crippen LogP contribution in [0, 0.1) is 12.8 Å². The largest absolute Gasteiger partial charge is 0.480 e. The Morgan fingerprint density at radius 2 is 2.14 bits per heavy atom. The van der Waals surface area contributed by atoms with Crippen molar-refractivity contribution < 1.29 is 23.5 Å². The van der Waals surface area contributed by atoms with E-state index < -0.39 is 5.97 Å². The van der Waals surface area contributed by atoms with Gasteiger partial charge in [-0.3, -0.25) is 14.5 Å². The summed E-state index contributed by atoms with van der Waals surface area (Å²) in [5, 5.41) is 12.1. The predicted molar refractivity (Wildman–Crippen MR) is 99.5 cm³/mol. The molecule has 2 aliphatic carbocycles. The fourth-order valence-corrected chi connectivity index (χ4v) is 3.68. The lowest BCUT2D eigenvalue weighted by Gasteiger charge is -2.42. The Hall–Kier alpha value is -2.61.